The predicted molar refractivity (Wildman–Crippen MR) is 55.7 cm³/mol. The summed E-state index contributed by atoms with van der Waals surface area (Å²) in [4.78, 5) is 4.53. The second kappa shape index (κ2) is 3.59. The summed E-state index contributed by atoms with van der Waals surface area (Å²) in [6, 6.07) is 0.525. The highest BCUT2D eigenvalue weighted by atomic mass is 16.5. The number of likely N-dealkylation sites (N-methyl/N-ethyl adjacent to an activating group) is 1. The van der Waals surface area contributed by atoms with E-state index in [-0.39, 0.29) is 0 Å². The van der Waals surface area contributed by atoms with Gasteiger partial charge in [0.15, 0.2) is 5.82 Å². The molecule has 2 saturated carbocycles. The standard InChI is InChI=1S/C11H17N3O/c1-12-9-4-2-3-8(9)11-13-10(14-15-11)7-5-6-7/h7-9,12H,2-6H2,1H3/t8-,9-/m0/s1. The highest BCUT2D eigenvalue weighted by Gasteiger charge is 2.34. The Bertz CT molecular complexity index is 345. The third kappa shape index (κ3) is 1.67. The van der Waals surface area contributed by atoms with Crippen LogP contribution < -0.4 is 5.32 Å². The van der Waals surface area contributed by atoms with Crippen LogP contribution in [0.1, 0.15) is 55.7 Å². The highest BCUT2D eigenvalue weighted by Crippen LogP contribution is 2.40. The summed E-state index contributed by atoms with van der Waals surface area (Å²) >= 11 is 0. The van der Waals surface area contributed by atoms with Gasteiger partial charge in [-0.25, -0.2) is 0 Å². The first-order valence-electron chi connectivity index (χ1n) is 5.89. The molecule has 0 bridgehead atoms. The first kappa shape index (κ1) is 9.33. The fourth-order valence-corrected chi connectivity index (χ4v) is 2.51. The van der Waals surface area contributed by atoms with Crippen molar-refractivity contribution in [1.29, 1.82) is 0 Å². The van der Waals surface area contributed by atoms with Gasteiger partial charge in [-0.15, -0.1) is 0 Å². The topological polar surface area (TPSA) is 51.0 Å². The second-order valence-corrected chi connectivity index (χ2v) is 4.70. The monoisotopic (exact) mass is 207 g/mol. The van der Waals surface area contributed by atoms with Crippen molar-refractivity contribution in [3.8, 4) is 0 Å². The van der Waals surface area contributed by atoms with Crippen LogP contribution in [-0.4, -0.2) is 23.2 Å². The number of hydrogen-bond donors (Lipinski definition) is 1. The Morgan fingerprint density at radius 1 is 1.27 bits per heavy atom. The Kier molecular flexibility index (Phi) is 2.24. The Balaban J connectivity index is 1.78. The van der Waals surface area contributed by atoms with Gasteiger partial charge >= 0.3 is 0 Å². The summed E-state index contributed by atoms with van der Waals surface area (Å²) in [6.45, 7) is 0. The van der Waals surface area contributed by atoms with Crippen LogP contribution in [-0.2, 0) is 0 Å². The maximum Gasteiger partial charge on any atom is 0.231 e. The van der Waals surface area contributed by atoms with Gasteiger partial charge in [-0.3, -0.25) is 0 Å². The summed E-state index contributed by atoms with van der Waals surface area (Å²) in [5.74, 6) is 2.83. The van der Waals surface area contributed by atoms with Crippen molar-refractivity contribution in [3.63, 3.8) is 0 Å². The van der Waals surface area contributed by atoms with Gasteiger partial charge in [-0.1, -0.05) is 11.6 Å². The van der Waals surface area contributed by atoms with Crippen LogP contribution in [0.25, 0.3) is 0 Å². The molecule has 0 unspecified atom stereocenters. The summed E-state index contributed by atoms with van der Waals surface area (Å²) in [5.41, 5.74) is 0. The van der Waals surface area contributed by atoms with E-state index in [9.17, 15) is 0 Å². The van der Waals surface area contributed by atoms with Crippen molar-refractivity contribution >= 4 is 0 Å². The molecular weight excluding hydrogens is 190 g/mol. The van der Waals surface area contributed by atoms with E-state index in [0.29, 0.717) is 17.9 Å². The van der Waals surface area contributed by atoms with Crippen LogP contribution in [0.2, 0.25) is 0 Å². The minimum Gasteiger partial charge on any atom is -0.339 e. The zero-order valence-corrected chi connectivity index (χ0v) is 9.07. The van der Waals surface area contributed by atoms with Gasteiger partial charge in [0.05, 0.1) is 5.92 Å². The van der Waals surface area contributed by atoms with E-state index in [1.165, 1.54) is 32.1 Å². The molecule has 4 nitrogen and oxygen atoms in total. The Hall–Kier alpha value is -0.900. The molecule has 2 fully saturated rings. The molecule has 82 valence electrons. The Morgan fingerprint density at radius 2 is 2.13 bits per heavy atom. The van der Waals surface area contributed by atoms with E-state index >= 15 is 0 Å². The molecular formula is C11H17N3O. The number of nitrogens with zero attached hydrogens (tertiary/aromatic N) is 2. The van der Waals surface area contributed by atoms with Crippen molar-refractivity contribution in [1.82, 2.24) is 15.5 Å². The van der Waals surface area contributed by atoms with Crippen molar-refractivity contribution in [3.05, 3.63) is 11.7 Å². The summed E-state index contributed by atoms with van der Waals surface area (Å²) < 4.78 is 5.38. The quantitative estimate of drug-likeness (QED) is 0.821. The fourth-order valence-electron chi connectivity index (χ4n) is 2.51. The second-order valence-electron chi connectivity index (χ2n) is 4.70. The van der Waals surface area contributed by atoms with Crippen LogP contribution in [0.15, 0.2) is 4.52 Å². The van der Waals surface area contributed by atoms with Crippen LogP contribution in [0.3, 0.4) is 0 Å². The molecule has 0 radical (unpaired) electrons. The molecule has 1 heterocycles. The first-order valence-corrected chi connectivity index (χ1v) is 5.89. The van der Waals surface area contributed by atoms with Crippen molar-refractivity contribution in [2.24, 2.45) is 0 Å². The third-order valence-electron chi connectivity index (χ3n) is 3.60. The van der Waals surface area contributed by atoms with E-state index in [1.54, 1.807) is 0 Å². The van der Waals surface area contributed by atoms with Crippen molar-refractivity contribution < 1.29 is 4.52 Å². The predicted octanol–water partition coefficient (Wildman–Crippen LogP) is 1.80. The molecule has 1 aromatic rings. The van der Waals surface area contributed by atoms with Crippen LogP contribution in [0, 0.1) is 0 Å². The fraction of sp³-hybridized carbons (Fsp3) is 0.818. The lowest BCUT2D eigenvalue weighted by atomic mass is 10.0. The molecule has 0 aliphatic heterocycles. The summed E-state index contributed by atoms with van der Waals surface area (Å²) in [6.07, 6.45) is 6.13. The average Bonchev–Trinajstić information content (AvgIpc) is 2.83. The van der Waals surface area contributed by atoms with Gasteiger partial charge in [0.25, 0.3) is 0 Å². The molecule has 15 heavy (non-hydrogen) atoms. The highest BCUT2D eigenvalue weighted by molar-refractivity contribution is 5.08. The SMILES string of the molecule is CN[C@H]1CCC[C@@H]1c1nc(C2CC2)no1. The minimum absolute atomic E-state index is 0.440. The van der Waals surface area contributed by atoms with Crippen LogP contribution in [0.5, 0.6) is 0 Å². The number of aromatic nitrogens is 2. The molecule has 0 amide bonds. The molecule has 0 aromatic carbocycles. The van der Waals surface area contributed by atoms with Crippen molar-refractivity contribution in [2.45, 2.75) is 50.0 Å². The van der Waals surface area contributed by atoms with Crippen LogP contribution >= 0.6 is 0 Å². The molecule has 3 rings (SSSR count). The smallest absolute Gasteiger partial charge is 0.231 e. The number of hydrogen-bond acceptors (Lipinski definition) is 4. The molecule has 4 heteroatoms. The summed E-state index contributed by atoms with van der Waals surface area (Å²) in [5, 5.41) is 7.42. The largest absolute Gasteiger partial charge is 0.339 e. The lowest BCUT2D eigenvalue weighted by molar-refractivity contribution is 0.332. The maximum atomic E-state index is 5.38. The lowest BCUT2D eigenvalue weighted by Crippen LogP contribution is -2.27. The van der Waals surface area contributed by atoms with E-state index in [1.807, 2.05) is 7.05 Å². The molecule has 2 atom stereocenters. The molecule has 1 N–H and O–H groups in total. The van der Waals surface area contributed by atoms with Crippen molar-refractivity contribution in [2.75, 3.05) is 7.05 Å². The van der Waals surface area contributed by atoms with Gasteiger partial charge in [0.2, 0.25) is 5.89 Å². The third-order valence-corrected chi connectivity index (χ3v) is 3.60. The van der Waals surface area contributed by atoms with Gasteiger partial charge in [-0.05, 0) is 32.7 Å². The normalized spacial score (nSPS) is 31.0. The number of rotatable bonds is 3. The van der Waals surface area contributed by atoms with E-state index in [4.69, 9.17) is 4.52 Å². The Labute approximate surface area is 89.4 Å². The molecule has 2 aliphatic carbocycles. The Morgan fingerprint density at radius 3 is 2.87 bits per heavy atom. The van der Waals surface area contributed by atoms with Gasteiger partial charge in [0.1, 0.15) is 0 Å². The van der Waals surface area contributed by atoms with Gasteiger partial charge in [0, 0.05) is 12.0 Å². The lowest BCUT2D eigenvalue weighted by Gasteiger charge is -2.14. The minimum atomic E-state index is 0.440. The molecule has 1 aromatic heterocycles. The zero-order valence-electron chi connectivity index (χ0n) is 9.07. The summed E-state index contributed by atoms with van der Waals surface area (Å²) in [7, 11) is 2.02. The zero-order chi connectivity index (χ0) is 10.3. The van der Waals surface area contributed by atoms with E-state index in [2.05, 4.69) is 15.5 Å². The van der Waals surface area contributed by atoms with Crippen LogP contribution in [0.4, 0.5) is 0 Å². The molecule has 2 aliphatic rings. The molecule has 0 saturated heterocycles. The van der Waals surface area contributed by atoms with E-state index in [0.717, 1.165) is 11.7 Å². The average molecular weight is 207 g/mol. The number of nitrogens with one attached hydrogen (secondary N) is 1. The maximum absolute atomic E-state index is 5.38. The van der Waals surface area contributed by atoms with Gasteiger partial charge in [-0.2, -0.15) is 4.98 Å². The van der Waals surface area contributed by atoms with Gasteiger partial charge < -0.3 is 9.84 Å². The van der Waals surface area contributed by atoms with E-state index < -0.39 is 0 Å². The molecule has 0 spiro atoms. The first-order chi connectivity index (χ1) is 7.38.